The molecule has 0 bridgehead atoms. The van der Waals surface area contributed by atoms with Gasteiger partial charge in [-0.3, -0.25) is 4.79 Å². The minimum absolute atomic E-state index is 0.107. The highest BCUT2D eigenvalue weighted by Crippen LogP contribution is 2.30. The maximum atomic E-state index is 12.4. The number of rotatable bonds is 5. The van der Waals surface area contributed by atoms with E-state index < -0.39 is 24.1 Å². The van der Waals surface area contributed by atoms with Gasteiger partial charge in [0.15, 0.2) is 5.75 Å². The van der Waals surface area contributed by atoms with Crippen molar-refractivity contribution < 1.29 is 27.5 Å². The van der Waals surface area contributed by atoms with Crippen LogP contribution in [0.3, 0.4) is 0 Å². The van der Waals surface area contributed by atoms with Gasteiger partial charge in [-0.15, -0.1) is 13.2 Å². The highest BCUT2D eigenvalue weighted by Gasteiger charge is 2.32. The first kappa shape index (κ1) is 18.1. The van der Waals surface area contributed by atoms with Crippen LogP contribution >= 0.6 is 0 Å². The molecule has 0 aliphatic rings. The summed E-state index contributed by atoms with van der Waals surface area (Å²) in [6, 6.07) is 10.7. The lowest BCUT2D eigenvalue weighted by Gasteiger charge is -2.14. The van der Waals surface area contributed by atoms with Crippen LogP contribution in [-0.4, -0.2) is 18.3 Å². The Morgan fingerprint density at radius 1 is 1.04 bits per heavy atom. The smallest absolute Gasteiger partial charge is 0.404 e. The molecule has 2 aromatic carbocycles. The first-order valence-corrected chi connectivity index (χ1v) is 7.03. The quantitative estimate of drug-likeness (QED) is 0.771. The van der Waals surface area contributed by atoms with Crippen molar-refractivity contribution in [1.29, 1.82) is 0 Å². The molecule has 0 saturated carbocycles. The van der Waals surface area contributed by atoms with Crippen molar-refractivity contribution in [3.05, 3.63) is 59.7 Å². The number of hydrogen-bond acceptors (Lipinski definition) is 3. The number of nitrogens with one attached hydrogen (secondary N) is 2. The first-order chi connectivity index (χ1) is 11.7. The maximum Gasteiger partial charge on any atom is 0.573 e. The molecule has 0 aliphatic heterocycles. The molecule has 4 N–H and O–H groups in total. The van der Waals surface area contributed by atoms with E-state index in [-0.39, 0.29) is 17.8 Å². The van der Waals surface area contributed by atoms with Crippen LogP contribution in [0.1, 0.15) is 15.9 Å². The second kappa shape index (κ2) is 7.56. The van der Waals surface area contributed by atoms with Gasteiger partial charge in [-0.25, -0.2) is 4.79 Å². The summed E-state index contributed by atoms with van der Waals surface area (Å²) in [4.78, 5) is 22.8. The lowest BCUT2D eigenvalue weighted by atomic mass is 10.1. The van der Waals surface area contributed by atoms with Crippen LogP contribution in [0.4, 0.5) is 23.7 Å². The van der Waals surface area contributed by atoms with Crippen LogP contribution in [-0.2, 0) is 6.54 Å². The molecule has 0 unspecified atom stereocenters. The molecule has 0 aliphatic carbocycles. The van der Waals surface area contributed by atoms with Crippen LogP contribution in [0, 0.1) is 0 Å². The SMILES string of the molecule is NC(=O)NCc1ccc(C(=O)Nc2ccccc2OC(F)(F)F)cc1. The Kier molecular flexibility index (Phi) is 5.48. The Hall–Kier alpha value is -3.23. The number of amides is 3. The summed E-state index contributed by atoms with van der Waals surface area (Å²) in [6.07, 6.45) is -4.87. The van der Waals surface area contributed by atoms with Crippen molar-refractivity contribution in [1.82, 2.24) is 5.32 Å². The van der Waals surface area contributed by atoms with Crippen molar-refractivity contribution in [2.24, 2.45) is 5.73 Å². The normalized spacial score (nSPS) is 10.8. The van der Waals surface area contributed by atoms with Gasteiger partial charge in [0.05, 0.1) is 5.69 Å². The average molecular weight is 353 g/mol. The van der Waals surface area contributed by atoms with E-state index in [1.165, 1.54) is 30.3 Å². The number of carbonyl (C=O) groups excluding carboxylic acids is 2. The van der Waals surface area contributed by atoms with E-state index in [0.29, 0.717) is 5.56 Å². The van der Waals surface area contributed by atoms with E-state index >= 15 is 0 Å². The summed E-state index contributed by atoms with van der Waals surface area (Å²) in [5.74, 6) is -1.11. The Balaban J connectivity index is 2.08. The summed E-state index contributed by atoms with van der Waals surface area (Å²) in [7, 11) is 0. The van der Waals surface area contributed by atoms with Crippen molar-refractivity contribution in [3.8, 4) is 5.75 Å². The summed E-state index contributed by atoms with van der Waals surface area (Å²) in [5, 5.41) is 4.76. The Bertz CT molecular complexity index is 761. The van der Waals surface area contributed by atoms with E-state index in [1.807, 2.05) is 0 Å². The first-order valence-electron chi connectivity index (χ1n) is 7.03. The van der Waals surface area contributed by atoms with Gasteiger partial charge in [-0.2, -0.15) is 0 Å². The van der Waals surface area contributed by atoms with Gasteiger partial charge in [0.1, 0.15) is 0 Å². The number of nitrogens with two attached hydrogens (primary N) is 1. The third kappa shape index (κ3) is 5.72. The molecule has 25 heavy (non-hydrogen) atoms. The van der Waals surface area contributed by atoms with E-state index in [4.69, 9.17) is 5.73 Å². The molecule has 3 amide bonds. The highest BCUT2D eigenvalue weighted by molar-refractivity contribution is 6.05. The van der Waals surface area contributed by atoms with Crippen molar-refractivity contribution in [2.45, 2.75) is 12.9 Å². The number of benzene rings is 2. The highest BCUT2D eigenvalue weighted by atomic mass is 19.4. The molecule has 2 rings (SSSR count). The van der Waals surface area contributed by atoms with Crippen LogP contribution in [0.15, 0.2) is 48.5 Å². The maximum absolute atomic E-state index is 12.4. The molecule has 0 saturated heterocycles. The van der Waals surface area contributed by atoms with Crippen LogP contribution in [0.2, 0.25) is 0 Å². The number of hydrogen-bond donors (Lipinski definition) is 3. The number of urea groups is 1. The summed E-state index contributed by atoms with van der Waals surface area (Å²) in [6.45, 7) is 0.194. The Labute approximate surface area is 140 Å². The van der Waals surface area contributed by atoms with Gasteiger partial charge in [0.25, 0.3) is 5.91 Å². The largest absolute Gasteiger partial charge is 0.573 e. The van der Waals surface area contributed by atoms with Crippen molar-refractivity contribution >= 4 is 17.6 Å². The van der Waals surface area contributed by atoms with E-state index in [1.54, 1.807) is 12.1 Å². The summed E-state index contributed by atoms with van der Waals surface area (Å²) >= 11 is 0. The predicted molar refractivity (Wildman–Crippen MR) is 83.9 cm³/mol. The van der Waals surface area contributed by atoms with Gasteiger partial charge in [0, 0.05) is 12.1 Å². The van der Waals surface area contributed by atoms with Crippen LogP contribution in [0.5, 0.6) is 5.75 Å². The molecule has 0 heterocycles. The number of ether oxygens (including phenoxy) is 1. The van der Waals surface area contributed by atoms with Gasteiger partial charge in [0.2, 0.25) is 0 Å². The zero-order valence-corrected chi connectivity index (χ0v) is 12.8. The molecular weight excluding hydrogens is 339 g/mol. The van der Waals surface area contributed by atoms with Gasteiger partial charge >= 0.3 is 12.4 Å². The third-order valence-electron chi connectivity index (χ3n) is 3.04. The number of anilines is 1. The Morgan fingerprint density at radius 3 is 2.28 bits per heavy atom. The van der Waals surface area contributed by atoms with Gasteiger partial charge < -0.3 is 21.1 Å². The van der Waals surface area contributed by atoms with Crippen LogP contribution < -0.4 is 21.1 Å². The van der Waals surface area contributed by atoms with Gasteiger partial charge in [-0.1, -0.05) is 24.3 Å². The van der Waals surface area contributed by atoms with Crippen molar-refractivity contribution in [3.63, 3.8) is 0 Å². The zero-order chi connectivity index (χ0) is 18.4. The number of primary amides is 1. The molecule has 0 aromatic heterocycles. The minimum Gasteiger partial charge on any atom is -0.404 e. The van der Waals surface area contributed by atoms with Crippen molar-refractivity contribution in [2.75, 3.05) is 5.32 Å². The second-order valence-corrected chi connectivity index (χ2v) is 4.91. The molecular formula is C16H14F3N3O3. The molecule has 0 fully saturated rings. The molecule has 0 atom stereocenters. The molecule has 6 nitrogen and oxygen atoms in total. The van der Waals surface area contributed by atoms with E-state index in [9.17, 15) is 22.8 Å². The molecule has 0 radical (unpaired) electrons. The number of carbonyl (C=O) groups is 2. The molecule has 9 heteroatoms. The lowest BCUT2D eigenvalue weighted by molar-refractivity contribution is -0.274. The Morgan fingerprint density at radius 2 is 1.68 bits per heavy atom. The van der Waals surface area contributed by atoms with Crippen LogP contribution in [0.25, 0.3) is 0 Å². The fourth-order valence-electron chi connectivity index (χ4n) is 1.94. The monoisotopic (exact) mass is 353 g/mol. The third-order valence-corrected chi connectivity index (χ3v) is 3.04. The summed E-state index contributed by atoms with van der Waals surface area (Å²) < 4.78 is 41.0. The summed E-state index contributed by atoms with van der Waals surface area (Å²) in [5.41, 5.74) is 5.78. The van der Waals surface area contributed by atoms with Gasteiger partial charge in [-0.05, 0) is 29.8 Å². The fraction of sp³-hybridized carbons (Fsp3) is 0.125. The molecule has 2 aromatic rings. The number of alkyl halides is 3. The molecule has 0 spiro atoms. The standard InChI is InChI=1S/C16H14F3N3O3/c17-16(18,19)25-13-4-2-1-3-12(13)22-14(23)11-7-5-10(6-8-11)9-21-15(20)24/h1-8H,9H2,(H,22,23)(H3,20,21,24). The predicted octanol–water partition coefficient (Wildman–Crippen LogP) is 3.01. The number of para-hydroxylation sites is 2. The molecule has 132 valence electrons. The number of halogens is 3. The minimum atomic E-state index is -4.87. The lowest BCUT2D eigenvalue weighted by Crippen LogP contribution is -2.28. The van der Waals surface area contributed by atoms with E-state index in [2.05, 4.69) is 15.4 Å². The fourth-order valence-corrected chi connectivity index (χ4v) is 1.94. The topological polar surface area (TPSA) is 93.5 Å². The average Bonchev–Trinajstić information content (AvgIpc) is 2.54. The second-order valence-electron chi connectivity index (χ2n) is 4.91. The van der Waals surface area contributed by atoms with E-state index in [0.717, 1.165) is 6.07 Å². The zero-order valence-electron chi connectivity index (χ0n) is 12.8.